The Bertz CT molecular complexity index is 939. The highest BCUT2D eigenvalue weighted by Crippen LogP contribution is 2.34. The van der Waals surface area contributed by atoms with E-state index in [-0.39, 0.29) is 17.8 Å². The van der Waals surface area contributed by atoms with E-state index in [1.807, 2.05) is 6.92 Å². The fourth-order valence-corrected chi connectivity index (χ4v) is 2.97. The van der Waals surface area contributed by atoms with Crippen molar-refractivity contribution >= 4 is 11.7 Å². The van der Waals surface area contributed by atoms with E-state index in [0.29, 0.717) is 22.5 Å². The SMILES string of the molecule is CC(Nc1ccc(C(=O)NC2CC2)cn1)(c1cnoc1)c1ccccc1F. The lowest BCUT2D eigenvalue weighted by Gasteiger charge is -2.31. The van der Waals surface area contributed by atoms with Gasteiger partial charge in [-0.1, -0.05) is 23.4 Å². The van der Waals surface area contributed by atoms with Crippen LogP contribution in [0.5, 0.6) is 0 Å². The van der Waals surface area contributed by atoms with E-state index in [2.05, 4.69) is 20.8 Å². The van der Waals surface area contributed by atoms with Crippen LogP contribution in [-0.4, -0.2) is 22.1 Å². The second-order valence-electron chi connectivity index (χ2n) is 6.82. The summed E-state index contributed by atoms with van der Waals surface area (Å²) in [5, 5.41) is 9.92. The zero-order chi connectivity index (χ0) is 18.9. The zero-order valence-corrected chi connectivity index (χ0v) is 14.8. The molecule has 1 aliphatic carbocycles. The molecule has 7 heteroatoms. The van der Waals surface area contributed by atoms with Gasteiger partial charge in [0, 0.05) is 23.4 Å². The highest BCUT2D eigenvalue weighted by Gasteiger charge is 2.33. The largest absolute Gasteiger partial charge is 0.364 e. The molecule has 0 saturated heterocycles. The van der Waals surface area contributed by atoms with Gasteiger partial charge in [-0.25, -0.2) is 9.37 Å². The molecule has 1 saturated carbocycles. The Morgan fingerprint density at radius 2 is 2.04 bits per heavy atom. The van der Waals surface area contributed by atoms with Crippen molar-refractivity contribution in [3.63, 3.8) is 0 Å². The minimum absolute atomic E-state index is 0.132. The molecule has 0 aliphatic heterocycles. The van der Waals surface area contributed by atoms with Crippen molar-refractivity contribution in [2.75, 3.05) is 5.32 Å². The summed E-state index contributed by atoms with van der Waals surface area (Å²) < 4.78 is 19.5. The van der Waals surface area contributed by atoms with Gasteiger partial charge in [0.1, 0.15) is 17.9 Å². The number of carbonyl (C=O) groups excluding carboxylic acids is 1. The van der Waals surface area contributed by atoms with Crippen molar-refractivity contribution in [1.82, 2.24) is 15.5 Å². The molecule has 0 spiro atoms. The Balaban J connectivity index is 1.62. The van der Waals surface area contributed by atoms with E-state index >= 15 is 0 Å². The molecule has 3 aromatic rings. The zero-order valence-electron chi connectivity index (χ0n) is 14.8. The molecule has 2 heterocycles. The molecule has 4 rings (SSSR count). The lowest BCUT2D eigenvalue weighted by atomic mass is 9.86. The third-order valence-corrected chi connectivity index (χ3v) is 4.74. The first-order valence-corrected chi connectivity index (χ1v) is 8.76. The molecule has 1 atom stereocenters. The van der Waals surface area contributed by atoms with Crippen LogP contribution in [0, 0.1) is 5.82 Å². The summed E-state index contributed by atoms with van der Waals surface area (Å²) in [5.41, 5.74) is 0.636. The summed E-state index contributed by atoms with van der Waals surface area (Å²) in [7, 11) is 0. The molecule has 1 aromatic carbocycles. The van der Waals surface area contributed by atoms with Crippen LogP contribution in [0.3, 0.4) is 0 Å². The number of nitrogens with zero attached hydrogens (tertiary/aromatic N) is 2. The normalized spacial score (nSPS) is 15.8. The fraction of sp³-hybridized carbons (Fsp3) is 0.250. The number of hydrogen-bond acceptors (Lipinski definition) is 5. The number of rotatable bonds is 6. The molecule has 1 aliphatic rings. The fourth-order valence-electron chi connectivity index (χ4n) is 2.97. The molecule has 0 bridgehead atoms. The summed E-state index contributed by atoms with van der Waals surface area (Å²) >= 11 is 0. The standard InChI is InChI=1S/C20H19FN4O2/c1-20(14-11-23-27-12-14,16-4-2-3-5-17(16)21)25-18-9-6-13(10-22-18)19(26)24-15-7-8-15/h2-6,9-12,15H,7-8H2,1H3,(H,22,25)(H,24,26). The number of halogens is 1. The minimum atomic E-state index is -0.948. The minimum Gasteiger partial charge on any atom is -0.364 e. The van der Waals surface area contributed by atoms with Crippen molar-refractivity contribution in [3.05, 3.63) is 77.6 Å². The molecule has 1 fully saturated rings. The van der Waals surface area contributed by atoms with Crippen molar-refractivity contribution in [2.45, 2.75) is 31.3 Å². The predicted molar refractivity (Wildman–Crippen MR) is 97.7 cm³/mol. The molecule has 2 aromatic heterocycles. The summed E-state index contributed by atoms with van der Waals surface area (Å²) in [6, 6.07) is 10.2. The first kappa shape index (κ1) is 17.2. The van der Waals surface area contributed by atoms with Crippen molar-refractivity contribution in [3.8, 4) is 0 Å². The Labute approximate surface area is 155 Å². The highest BCUT2D eigenvalue weighted by molar-refractivity contribution is 5.94. The van der Waals surface area contributed by atoms with Gasteiger partial charge in [-0.05, 0) is 38.0 Å². The lowest BCUT2D eigenvalue weighted by Crippen LogP contribution is -2.34. The molecular formula is C20H19FN4O2. The Morgan fingerprint density at radius 1 is 1.22 bits per heavy atom. The molecule has 138 valence electrons. The Hall–Kier alpha value is -3.22. The van der Waals surface area contributed by atoms with Gasteiger partial charge < -0.3 is 15.2 Å². The summed E-state index contributed by atoms with van der Waals surface area (Å²) in [5.74, 6) is 0.0199. The number of anilines is 1. The molecule has 27 heavy (non-hydrogen) atoms. The highest BCUT2D eigenvalue weighted by atomic mass is 19.1. The first-order valence-electron chi connectivity index (χ1n) is 8.76. The third-order valence-electron chi connectivity index (χ3n) is 4.74. The van der Waals surface area contributed by atoms with Gasteiger partial charge in [0.2, 0.25) is 0 Å². The second kappa shape index (κ2) is 6.83. The molecule has 1 unspecified atom stereocenters. The number of pyridine rings is 1. The second-order valence-corrected chi connectivity index (χ2v) is 6.82. The Morgan fingerprint density at radius 3 is 2.67 bits per heavy atom. The van der Waals surface area contributed by atoms with Crippen LogP contribution in [0.4, 0.5) is 10.2 Å². The van der Waals surface area contributed by atoms with Crippen molar-refractivity contribution in [1.29, 1.82) is 0 Å². The predicted octanol–water partition coefficient (Wildman–Crippen LogP) is 3.48. The van der Waals surface area contributed by atoms with Gasteiger partial charge in [0.15, 0.2) is 0 Å². The van der Waals surface area contributed by atoms with Gasteiger partial charge in [0.05, 0.1) is 17.3 Å². The molecule has 6 nitrogen and oxygen atoms in total. The van der Waals surface area contributed by atoms with Gasteiger partial charge in [-0.15, -0.1) is 0 Å². The topological polar surface area (TPSA) is 80.0 Å². The van der Waals surface area contributed by atoms with E-state index in [1.165, 1.54) is 24.7 Å². The smallest absolute Gasteiger partial charge is 0.253 e. The maximum absolute atomic E-state index is 14.5. The van der Waals surface area contributed by atoms with Gasteiger partial charge in [0.25, 0.3) is 5.91 Å². The van der Waals surface area contributed by atoms with E-state index in [4.69, 9.17) is 4.52 Å². The quantitative estimate of drug-likeness (QED) is 0.698. The summed E-state index contributed by atoms with van der Waals surface area (Å²) in [6.45, 7) is 1.83. The molecular weight excluding hydrogens is 347 g/mol. The average Bonchev–Trinajstić information content (AvgIpc) is 3.30. The summed E-state index contributed by atoms with van der Waals surface area (Å²) in [4.78, 5) is 16.4. The number of nitrogens with one attached hydrogen (secondary N) is 2. The maximum atomic E-state index is 14.5. The van der Waals surface area contributed by atoms with Crippen LogP contribution in [0.2, 0.25) is 0 Å². The van der Waals surface area contributed by atoms with Gasteiger partial charge in [-0.3, -0.25) is 4.79 Å². The number of carbonyl (C=O) groups is 1. The van der Waals surface area contributed by atoms with Crippen LogP contribution in [0.1, 0.15) is 41.3 Å². The third kappa shape index (κ3) is 3.53. The van der Waals surface area contributed by atoms with E-state index < -0.39 is 5.54 Å². The van der Waals surface area contributed by atoms with Gasteiger partial charge in [-0.2, -0.15) is 0 Å². The van der Waals surface area contributed by atoms with Crippen molar-refractivity contribution in [2.24, 2.45) is 0 Å². The monoisotopic (exact) mass is 366 g/mol. The van der Waals surface area contributed by atoms with Crippen LogP contribution in [0.25, 0.3) is 0 Å². The number of amides is 1. The van der Waals surface area contributed by atoms with E-state index in [1.54, 1.807) is 30.3 Å². The first-order chi connectivity index (χ1) is 13.1. The van der Waals surface area contributed by atoms with Gasteiger partial charge >= 0.3 is 0 Å². The van der Waals surface area contributed by atoms with Crippen molar-refractivity contribution < 1.29 is 13.7 Å². The van der Waals surface area contributed by atoms with Crippen LogP contribution < -0.4 is 10.6 Å². The maximum Gasteiger partial charge on any atom is 0.253 e. The van der Waals surface area contributed by atoms with Crippen LogP contribution in [-0.2, 0) is 5.54 Å². The molecule has 2 N–H and O–H groups in total. The van der Waals surface area contributed by atoms with E-state index in [0.717, 1.165) is 12.8 Å². The Kier molecular flexibility index (Phi) is 4.35. The van der Waals surface area contributed by atoms with Crippen LogP contribution in [0.15, 0.2) is 59.6 Å². The molecule has 1 amide bonds. The number of aromatic nitrogens is 2. The average molecular weight is 366 g/mol. The van der Waals surface area contributed by atoms with Crippen LogP contribution >= 0.6 is 0 Å². The summed E-state index contributed by atoms with van der Waals surface area (Å²) in [6.07, 6.45) is 6.57. The lowest BCUT2D eigenvalue weighted by molar-refractivity contribution is 0.0950. The number of benzene rings is 1. The molecule has 0 radical (unpaired) electrons. The number of hydrogen-bond donors (Lipinski definition) is 2. The van der Waals surface area contributed by atoms with E-state index in [9.17, 15) is 9.18 Å².